The number of hydrogen-bond donors (Lipinski definition) is 1. The van der Waals surface area contributed by atoms with Crippen LogP contribution in [0, 0.1) is 5.92 Å². The molecule has 2 N–H and O–H groups in total. The number of anilines is 1. The molecular weight excluding hydrogens is 242 g/mol. The Morgan fingerprint density at radius 1 is 1.33 bits per heavy atom. The first kappa shape index (κ1) is 11.9. The van der Waals surface area contributed by atoms with Gasteiger partial charge in [-0.15, -0.1) is 0 Å². The van der Waals surface area contributed by atoms with E-state index in [4.69, 9.17) is 18.0 Å². The van der Waals surface area contributed by atoms with Gasteiger partial charge in [-0.3, -0.25) is 4.98 Å². The molecule has 1 aliphatic heterocycles. The summed E-state index contributed by atoms with van der Waals surface area (Å²) in [5, 5.41) is 0. The van der Waals surface area contributed by atoms with Crippen molar-refractivity contribution in [2.45, 2.75) is 38.1 Å². The molecule has 96 valence electrons. The fraction of sp³-hybridized carbons (Fsp3) is 0.571. The summed E-state index contributed by atoms with van der Waals surface area (Å²) in [6.45, 7) is 1.11. The molecule has 4 heteroatoms. The van der Waals surface area contributed by atoms with E-state index in [1.165, 1.54) is 32.1 Å². The van der Waals surface area contributed by atoms with Gasteiger partial charge in [-0.25, -0.2) is 0 Å². The summed E-state index contributed by atoms with van der Waals surface area (Å²) in [6.07, 6.45) is 10.4. The van der Waals surface area contributed by atoms with Crippen LogP contribution >= 0.6 is 12.2 Å². The predicted molar refractivity (Wildman–Crippen MR) is 77.8 cm³/mol. The van der Waals surface area contributed by atoms with Crippen LogP contribution in [-0.4, -0.2) is 22.6 Å². The van der Waals surface area contributed by atoms with Crippen LogP contribution in [0.3, 0.4) is 0 Å². The van der Waals surface area contributed by atoms with Gasteiger partial charge in [0, 0.05) is 24.3 Å². The molecule has 0 radical (unpaired) electrons. The van der Waals surface area contributed by atoms with E-state index in [1.807, 2.05) is 12.3 Å². The number of nitrogens with two attached hydrogens (primary N) is 1. The lowest BCUT2D eigenvalue weighted by Crippen LogP contribution is -2.43. The van der Waals surface area contributed by atoms with Crippen LogP contribution in [0.15, 0.2) is 18.5 Å². The number of aromatic nitrogens is 1. The fourth-order valence-electron chi connectivity index (χ4n) is 3.58. The smallest absolute Gasteiger partial charge is 0.106 e. The highest BCUT2D eigenvalue weighted by atomic mass is 32.1. The van der Waals surface area contributed by atoms with Crippen molar-refractivity contribution in [1.29, 1.82) is 0 Å². The summed E-state index contributed by atoms with van der Waals surface area (Å²) >= 11 is 5.16. The molecule has 2 heterocycles. The normalized spacial score (nSPS) is 27.0. The van der Waals surface area contributed by atoms with E-state index in [0.29, 0.717) is 11.0 Å². The number of rotatable bonds is 2. The Balaban J connectivity index is 1.96. The lowest BCUT2D eigenvalue weighted by molar-refractivity contribution is 0.362. The van der Waals surface area contributed by atoms with E-state index in [0.717, 1.165) is 23.7 Å². The van der Waals surface area contributed by atoms with E-state index < -0.39 is 0 Å². The zero-order valence-electron chi connectivity index (χ0n) is 10.5. The minimum absolute atomic E-state index is 0.479. The second kappa shape index (κ2) is 4.84. The molecule has 2 unspecified atom stereocenters. The monoisotopic (exact) mass is 261 g/mol. The molecule has 0 amide bonds. The van der Waals surface area contributed by atoms with Crippen molar-refractivity contribution in [3.8, 4) is 0 Å². The molecule has 0 bridgehead atoms. The van der Waals surface area contributed by atoms with Crippen molar-refractivity contribution in [2.75, 3.05) is 11.4 Å². The highest BCUT2D eigenvalue weighted by molar-refractivity contribution is 7.80. The van der Waals surface area contributed by atoms with Gasteiger partial charge in [0.15, 0.2) is 0 Å². The van der Waals surface area contributed by atoms with Crippen LogP contribution in [0.4, 0.5) is 5.69 Å². The summed E-state index contributed by atoms with van der Waals surface area (Å²) in [4.78, 5) is 7.24. The van der Waals surface area contributed by atoms with Crippen molar-refractivity contribution in [3.05, 3.63) is 24.0 Å². The van der Waals surface area contributed by atoms with Crippen LogP contribution in [0.1, 0.15) is 37.7 Å². The Bertz CT molecular complexity index is 460. The maximum atomic E-state index is 5.84. The SMILES string of the molecule is NC(=S)c1ccncc1N1CCCC2CCCC21. The predicted octanol–water partition coefficient (Wildman–Crippen LogP) is 2.48. The molecule has 0 aromatic carbocycles. The lowest BCUT2D eigenvalue weighted by Gasteiger charge is -2.40. The number of piperidine rings is 1. The van der Waals surface area contributed by atoms with Gasteiger partial charge in [-0.05, 0) is 37.7 Å². The lowest BCUT2D eigenvalue weighted by atomic mass is 9.91. The quantitative estimate of drug-likeness (QED) is 0.831. The molecule has 1 saturated carbocycles. The number of hydrogen-bond acceptors (Lipinski definition) is 3. The van der Waals surface area contributed by atoms with Crippen molar-refractivity contribution >= 4 is 22.9 Å². The largest absolute Gasteiger partial charge is 0.389 e. The summed E-state index contributed by atoms with van der Waals surface area (Å²) in [5.74, 6) is 0.859. The standard InChI is InChI=1S/C14H19N3S/c15-14(18)11-6-7-16-9-13(11)17-8-2-4-10-3-1-5-12(10)17/h6-7,9-10,12H,1-5,8H2,(H2,15,18). The average Bonchev–Trinajstić information content (AvgIpc) is 2.86. The number of pyridine rings is 1. The molecule has 1 aromatic rings. The van der Waals surface area contributed by atoms with E-state index in [2.05, 4.69) is 9.88 Å². The maximum Gasteiger partial charge on any atom is 0.106 e. The molecular formula is C14H19N3S. The van der Waals surface area contributed by atoms with Gasteiger partial charge < -0.3 is 10.6 Å². The Hall–Kier alpha value is -1.16. The zero-order chi connectivity index (χ0) is 12.5. The highest BCUT2D eigenvalue weighted by Gasteiger charge is 2.35. The number of thiocarbonyl (C=S) groups is 1. The summed E-state index contributed by atoms with van der Waals surface area (Å²) in [7, 11) is 0. The van der Waals surface area contributed by atoms with Gasteiger partial charge >= 0.3 is 0 Å². The molecule has 1 saturated heterocycles. The first-order valence-corrected chi connectivity index (χ1v) is 7.18. The minimum atomic E-state index is 0.479. The molecule has 2 aliphatic rings. The van der Waals surface area contributed by atoms with Gasteiger partial charge in [0.25, 0.3) is 0 Å². The third-order valence-electron chi connectivity index (χ3n) is 4.37. The van der Waals surface area contributed by atoms with Gasteiger partial charge in [0.2, 0.25) is 0 Å². The summed E-state index contributed by atoms with van der Waals surface area (Å²) in [6, 6.07) is 2.62. The minimum Gasteiger partial charge on any atom is -0.389 e. The second-order valence-corrected chi connectivity index (χ2v) is 5.79. The number of nitrogens with zero attached hydrogens (tertiary/aromatic N) is 2. The highest BCUT2D eigenvalue weighted by Crippen LogP contribution is 2.39. The van der Waals surface area contributed by atoms with Crippen molar-refractivity contribution in [1.82, 2.24) is 4.98 Å². The summed E-state index contributed by atoms with van der Waals surface area (Å²) in [5.41, 5.74) is 7.95. The Kier molecular flexibility index (Phi) is 3.20. The topological polar surface area (TPSA) is 42.1 Å². The van der Waals surface area contributed by atoms with Crippen LogP contribution in [0.2, 0.25) is 0 Å². The molecule has 1 aliphatic carbocycles. The van der Waals surface area contributed by atoms with Gasteiger partial charge in [-0.2, -0.15) is 0 Å². The third-order valence-corrected chi connectivity index (χ3v) is 4.59. The average molecular weight is 261 g/mol. The molecule has 0 spiro atoms. The van der Waals surface area contributed by atoms with E-state index >= 15 is 0 Å². The molecule has 3 nitrogen and oxygen atoms in total. The Labute approximate surface area is 113 Å². The van der Waals surface area contributed by atoms with Crippen LogP contribution in [-0.2, 0) is 0 Å². The molecule has 2 fully saturated rings. The zero-order valence-corrected chi connectivity index (χ0v) is 11.3. The third kappa shape index (κ3) is 1.99. The van der Waals surface area contributed by atoms with Crippen molar-refractivity contribution < 1.29 is 0 Å². The van der Waals surface area contributed by atoms with Gasteiger partial charge in [-0.1, -0.05) is 18.6 Å². The molecule has 2 atom stereocenters. The molecule has 3 rings (SSSR count). The van der Waals surface area contributed by atoms with E-state index in [1.54, 1.807) is 6.20 Å². The van der Waals surface area contributed by atoms with Gasteiger partial charge in [0.05, 0.1) is 11.9 Å². The Morgan fingerprint density at radius 2 is 2.17 bits per heavy atom. The van der Waals surface area contributed by atoms with Crippen LogP contribution in [0.25, 0.3) is 0 Å². The maximum absolute atomic E-state index is 5.84. The molecule has 18 heavy (non-hydrogen) atoms. The van der Waals surface area contributed by atoms with Crippen molar-refractivity contribution in [2.24, 2.45) is 11.7 Å². The fourth-order valence-corrected chi connectivity index (χ4v) is 3.75. The van der Waals surface area contributed by atoms with E-state index in [-0.39, 0.29) is 0 Å². The second-order valence-electron chi connectivity index (χ2n) is 5.35. The number of fused-ring (bicyclic) bond motifs is 1. The first-order chi connectivity index (χ1) is 8.77. The molecule has 1 aromatic heterocycles. The Morgan fingerprint density at radius 3 is 3.00 bits per heavy atom. The van der Waals surface area contributed by atoms with E-state index in [9.17, 15) is 0 Å². The van der Waals surface area contributed by atoms with Crippen LogP contribution in [0.5, 0.6) is 0 Å². The van der Waals surface area contributed by atoms with Gasteiger partial charge in [0.1, 0.15) is 4.99 Å². The first-order valence-electron chi connectivity index (χ1n) is 6.78. The summed E-state index contributed by atoms with van der Waals surface area (Å²) < 4.78 is 0. The van der Waals surface area contributed by atoms with Crippen LogP contribution < -0.4 is 10.6 Å². The van der Waals surface area contributed by atoms with Crippen molar-refractivity contribution in [3.63, 3.8) is 0 Å².